The van der Waals surface area contributed by atoms with E-state index in [2.05, 4.69) is 0 Å². The minimum atomic E-state index is 0.671. The lowest BCUT2D eigenvalue weighted by atomic mass is 10.2. The van der Waals surface area contributed by atoms with Crippen LogP contribution in [0.3, 0.4) is 0 Å². The molecule has 0 saturated carbocycles. The summed E-state index contributed by atoms with van der Waals surface area (Å²) in [6, 6.07) is 5.72. The molecule has 84 valence electrons. The Morgan fingerprint density at radius 3 is 2.80 bits per heavy atom. The molecule has 3 nitrogen and oxygen atoms in total. The van der Waals surface area contributed by atoms with Crippen molar-refractivity contribution in [1.82, 2.24) is 0 Å². The summed E-state index contributed by atoms with van der Waals surface area (Å²) in [4.78, 5) is 0. The molecule has 0 heterocycles. The molecule has 15 heavy (non-hydrogen) atoms. The maximum absolute atomic E-state index is 5.77. The van der Waals surface area contributed by atoms with Gasteiger partial charge >= 0.3 is 0 Å². The van der Waals surface area contributed by atoms with Crippen LogP contribution in [0.2, 0.25) is 0 Å². The Hall–Kier alpha value is -1.22. The van der Waals surface area contributed by atoms with Crippen molar-refractivity contribution in [3.05, 3.63) is 23.8 Å². The Bertz CT molecular complexity index is 300. The lowest BCUT2D eigenvalue weighted by Gasteiger charge is -2.10. The average Bonchev–Trinajstić information content (AvgIpc) is 2.24. The van der Waals surface area contributed by atoms with Crippen molar-refractivity contribution in [2.75, 3.05) is 25.6 Å². The van der Waals surface area contributed by atoms with E-state index < -0.39 is 0 Å². The highest BCUT2D eigenvalue weighted by molar-refractivity contribution is 5.53. The summed E-state index contributed by atoms with van der Waals surface area (Å²) in [6.45, 7) is 6.13. The van der Waals surface area contributed by atoms with E-state index in [0.29, 0.717) is 6.61 Å². The van der Waals surface area contributed by atoms with E-state index in [4.69, 9.17) is 15.2 Å². The minimum absolute atomic E-state index is 0.671. The molecule has 2 N–H and O–H groups in total. The van der Waals surface area contributed by atoms with Crippen molar-refractivity contribution in [3.8, 4) is 5.75 Å². The molecule has 0 aliphatic rings. The van der Waals surface area contributed by atoms with E-state index >= 15 is 0 Å². The van der Waals surface area contributed by atoms with Crippen molar-refractivity contribution in [2.24, 2.45) is 0 Å². The van der Waals surface area contributed by atoms with Crippen LogP contribution in [0.4, 0.5) is 5.69 Å². The van der Waals surface area contributed by atoms with Gasteiger partial charge in [0.1, 0.15) is 5.75 Å². The maximum Gasteiger partial charge on any atom is 0.124 e. The molecule has 1 rings (SSSR count). The number of anilines is 1. The van der Waals surface area contributed by atoms with Crippen molar-refractivity contribution >= 4 is 5.69 Å². The van der Waals surface area contributed by atoms with E-state index in [1.165, 1.54) is 0 Å². The molecule has 0 aliphatic carbocycles. The van der Waals surface area contributed by atoms with Crippen LogP contribution < -0.4 is 10.5 Å². The largest absolute Gasteiger partial charge is 0.493 e. The predicted molar refractivity (Wildman–Crippen MR) is 62.2 cm³/mol. The van der Waals surface area contributed by atoms with Crippen molar-refractivity contribution in [2.45, 2.75) is 20.3 Å². The molecule has 0 saturated heterocycles. The van der Waals surface area contributed by atoms with Crippen LogP contribution >= 0.6 is 0 Å². The number of ether oxygens (including phenoxy) is 2. The Morgan fingerprint density at radius 1 is 1.27 bits per heavy atom. The van der Waals surface area contributed by atoms with Crippen molar-refractivity contribution < 1.29 is 9.47 Å². The molecule has 1 aromatic rings. The van der Waals surface area contributed by atoms with E-state index in [9.17, 15) is 0 Å². The van der Waals surface area contributed by atoms with Gasteiger partial charge in [-0.2, -0.15) is 0 Å². The Labute approximate surface area is 91.2 Å². The second kappa shape index (κ2) is 6.30. The summed E-state index contributed by atoms with van der Waals surface area (Å²) >= 11 is 0. The Balaban J connectivity index is 2.34. The topological polar surface area (TPSA) is 44.5 Å². The molecule has 0 amide bonds. The van der Waals surface area contributed by atoms with Crippen LogP contribution in [0, 0.1) is 6.92 Å². The molecular weight excluding hydrogens is 190 g/mol. The third kappa shape index (κ3) is 3.80. The monoisotopic (exact) mass is 209 g/mol. The number of hydrogen-bond acceptors (Lipinski definition) is 3. The van der Waals surface area contributed by atoms with Gasteiger partial charge < -0.3 is 15.2 Å². The summed E-state index contributed by atoms with van der Waals surface area (Å²) in [5.74, 6) is 0.867. The lowest BCUT2D eigenvalue weighted by Crippen LogP contribution is -2.04. The van der Waals surface area contributed by atoms with Crippen LogP contribution in [0.15, 0.2) is 18.2 Å². The fourth-order valence-electron chi connectivity index (χ4n) is 1.28. The summed E-state index contributed by atoms with van der Waals surface area (Å²) in [7, 11) is 0. The number of rotatable bonds is 6. The first kappa shape index (κ1) is 11.9. The molecule has 0 atom stereocenters. The van der Waals surface area contributed by atoms with Crippen LogP contribution in [-0.4, -0.2) is 19.8 Å². The van der Waals surface area contributed by atoms with Gasteiger partial charge in [-0.25, -0.2) is 0 Å². The highest BCUT2D eigenvalue weighted by Gasteiger charge is 2.01. The van der Waals surface area contributed by atoms with Gasteiger partial charge in [0.2, 0.25) is 0 Å². The normalized spacial score (nSPS) is 10.3. The molecular formula is C12H19NO2. The molecule has 0 fully saturated rings. The highest BCUT2D eigenvalue weighted by atomic mass is 16.5. The zero-order valence-corrected chi connectivity index (χ0v) is 9.45. The van der Waals surface area contributed by atoms with Gasteiger partial charge in [0.15, 0.2) is 0 Å². The average molecular weight is 209 g/mol. The van der Waals surface area contributed by atoms with Crippen LogP contribution in [-0.2, 0) is 4.74 Å². The third-order valence-corrected chi connectivity index (χ3v) is 2.22. The van der Waals surface area contributed by atoms with Gasteiger partial charge in [0.05, 0.1) is 6.61 Å². The van der Waals surface area contributed by atoms with Gasteiger partial charge in [-0.1, -0.05) is 6.07 Å². The first-order chi connectivity index (χ1) is 7.25. The van der Waals surface area contributed by atoms with Crippen LogP contribution in [0.1, 0.15) is 18.9 Å². The molecule has 0 aromatic heterocycles. The molecule has 3 heteroatoms. The van der Waals surface area contributed by atoms with Gasteiger partial charge in [0.25, 0.3) is 0 Å². The molecule has 0 spiro atoms. The lowest BCUT2D eigenvalue weighted by molar-refractivity contribution is 0.130. The Morgan fingerprint density at radius 2 is 2.07 bits per heavy atom. The van der Waals surface area contributed by atoms with E-state index in [1.54, 1.807) is 0 Å². The van der Waals surface area contributed by atoms with E-state index in [0.717, 1.165) is 36.6 Å². The molecule has 0 radical (unpaired) electrons. The van der Waals surface area contributed by atoms with Crippen LogP contribution in [0.5, 0.6) is 5.75 Å². The van der Waals surface area contributed by atoms with Gasteiger partial charge in [-0.05, 0) is 26.0 Å². The third-order valence-electron chi connectivity index (χ3n) is 2.22. The summed E-state index contributed by atoms with van der Waals surface area (Å²) < 4.78 is 10.8. The number of nitrogen functional groups attached to an aromatic ring is 1. The molecule has 0 unspecified atom stereocenters. The fourth-order valence-corrected chi connectivity index (χ4v) is 1.28. The molecule has 1 aromatic carbocycles. The summed E-state index contributed by atoms with van der Waals surface area (Å²) in [5.41, 5.74) is 7.55. The molecule has 0 aliphatic heterocycles. The second-order valence-electron chi connectivity index (χ2n) is 3.37. The number of benzene rings is 1. The van der Waals surface area contributed by atoms with E-state index in [1.807, 2.05) is 32.0 Å². The van der Waals surface area contributed by atoms with Gasteiger partial charge in [-0.15, -0.1) is 0 Å². The minimum Gasteiger partial charge on any atom is -0.493 e. The van der Waals surface area contributed by atoms with E-state index in [-0.39, 0.29) is 0 Å². The zero-order chi connectivity index (χ0) is 11.1. The summed E-state index contributed by atoms with van der Waals surface area (Å²) in [5, 5.41) is 0. The molecule has 0 bridgehead atoms. The highest BCUT2D eigenvalue weighted by Crippen LogP contribution is 2.22. The standard InChI is InChI=1S/C12H19NO2/c1-3-14-8-5-9-15-12-7-4-6-11(13)10(12)2/h4,6-7H,3,5,8-9,13H2,1-2H3. The number of hydrogen-bond donors (Lipinski definition) is 1. The first-order valence-corrected chi connectivity index (χ1v) is 5.31. The first-order valence-electron chi connectivity index (χ1n) is 5.31. The SMILES string of the molecule is CCOCCCOc1cccc(N)c1C. The second-order valence-corrected chi connectivity index (χ2v) is 3.37. The smallest absolute Gasteiger partial charge is 0.124 e. The summed E-state index contributed by atoms with van der Waals surface area (Å²) in [6.07, 6.45) is 0.905. The maximum atomic E-state index is 5.77. The van der Waals surface area contributed by atoms with Gasteiger partial charge in [-0.3, -0.25) is 0 Å². The quantitative estimate of drug-likeness (QED) is 0.578. The van der Waals surface area contributed by atoms with Crippen molar-refractivity contribution in [1.29, 1.82) is 0 Å². The number of nitrogens with two attached hydrogens (primary N) is 1. The predicted octanol–water partition coefficient (Wildman–Crippen LogP) is 2.38. The van der Waals surface area contributed by atoms with Crippen LogP contribution in [0.25, 0.3) is 0 Å². The zero-order valence-electron chi connectivity index (χ0n) is 9.45. The Kier molecular flexibility index (Phi) is 4.98. The fraction of sp³-hybridized carbons (Fsp3) is 0.500. The van der Waals surface area contributed by atoms with Gasteiger partial charge in [0, 0.05) is 30.9 Å². The van der Waals surface area contributed by atoms with Crippen molar-refractivity contribution in [3.63, 3.8) is 0 Å².